The number of aliphatic carboxylic acids is 2. The smallest absolute Gasteiger partial charge is 0.408 e. The molecule has 0 rings (SSSR count). The summed E-state index contributed by atoms with van der Waals surface area (Å²) in [5.41, 5.74) is 1.85. The maximum atomic E-state index is 11.7. The Bertz CT molecular complexity index is 792. The van der Waals surface area contributed by atoms with Gasteiger partial charge in [-0.15, -0.1) is 0 Å². The molecular weight excluding hydrogens is 506 g/mol. The van der Waals surface area contributed by atoms with Crippen molar-refractivity contribution >= 4 is 30.1 Å². The lowest BCUT2D eigenvalue weighted by Gasteiger charge is -2.29. The van der Waals surface area contributed by atoms with Crippen LogP contribution in [0.5, 0.6) is 0 Å². The molecular formula is C24H47N3O11. The fourth-order valence-electron chi connectivity index (χ4n) is 2.73. The van der Waals surface area contributed by atoms with Crippen molar-refractivity contribution in [2.75, 3.05) is 13.7 Å². The summed E-state index contributed by atoms with van der Waals surface area (Å²) < 4.78 is 14.9. The molecule has 14 heteroatoms. The molecule has 38 heavy (non-hydrogen) atoms. The molecule has 8 N–H and O–H groups in total. The molecule has 0 radical (unpaired) electrons. The quantitative estimate of drug-likeness (QED) is 0.140. The van der Waals surface area contributed by atoms with E-state index in [0.29, 0.717) is 6.42 Å². The van der Waals surface area contributed by atoms with Crippen molar-refractivity contribution in [2.24, 2.45) is 17.6 Å². The lowest BCUT2D eigenvalue weighted by atomic mass is 9.90. The van der Waals surface area contributed by atoms with E-state index in [1.54, 1.807) is 48.5 Å². The number of alkyl carbamates (subject to hydrolysis) is 2. The van der Waals surface area contributed by atoms with Gasteiger partial charge in [0.1, 0.15) is 23.9 Å². The highest BCUT2D eigenvalue weighted by molar-refractivity contribution is 6.03. The van der Waals surface area contributed by atoms with Gasteiger partial charge in [-0.1, -0.05) is 27.7 Å². The van der Waals surface area contributed by atoms with Crippen molar-refractivity contribution in [1.29, 1.82) is 0 Å². The maximum absolute atomic E-state index is 11.7. The Labute approximate surface area is 224 Å². The zero-order valence-corrected chi connectivity index (χ0v) is 24.1. The molecule has 0 aliphatic carbocycles. The number of nitrogens with two attached hydrogens (primary N) is 1. The van der Waals surface area contributed by atoms with Gasteiger partial charge >= 0.3 is 30.1 Å². The first kappa shape index (κ1) is 39.4. The number of carbonyl (C=O) groups excluding carboxylic acids is 3. The third-order valence-corrected chi connectivity index (χ3v) is 4.30. The van der Waals surface area contributed by atoms with Crippen LogP contribution in [0.3, 0.4) is 0 Å². The van der Waals surface area contributed by atoms with E-state index >= 15 is 0 Å². The highest BCUT2D eigenvalue weighted by atomic mass is 16.6. The molecule has 0 spiro atoms. The van der Waals surface area contributed by atoms with Crippen LogP contribution in [-0.4, -0.2) is 82.2 Å². The van der Waals surface area contributed by atoms with Gasteiger partial charge in [0, 0.05) is 7.05 Å². The molecule has 224 valence electrons. The zero-order valence-electron chi connectivity index (χ0n) is 24.1. The number of esters is 1. The first-order valence-electron chi connectivity index (χ1n) is 11.9. The standard InChI is InChI=1S/C13H24N2O6.C11H21NO4.H2O/c1-8(2)6-9(10(16)17)15-12(19)21-13(3,4)7-20-11(18)14-5;1-7(2)6-11(12,8(13)14)9(15)16-10(3,4)5;/h8-9H,6-7H2,1-5H3,(H,14,18)(H,15,19)(H,16,17);7H,6,12H2,1-5H3,(H,13,14);1H2/t9-;11-;/m00./s1. The van der Waals surface area contributed by atoms with Crippen LogP contribution in [0.2, 0.25) is 0 Å². The number of hydrogen-bond donors (Lipinski definition) is 5. The Morgan fingerprint density at radius 2 is 1.37 bits per heavy atom. The molecule has 14 nitrogen and oxygen atoms in total. The van der Waals surface area contributed by atoms with Crippen LogP contribution >= 0.6 is 0 Å². The summed E-state index contributed by atoms with van der Waals surface area (Å²) in [5.74, 6) is -3.26. The number of carbonyl (C=O) groups is 5. The summed E-state index contributed by atoms with van der Waals surface area (Å²) in [4.78, 5) is 56.5. The molecule has 0 saturated heterocycles. The Kier molecular flexibility index (Phi) is 17.3. The van der Waals surface area contributed by atoms with Crippen molar-refractivity contribution < 1.29 is 53.9 Å². The van der Waals surface area contributed by atoms with Crippen LogP contribution in [0.15, 0.2) is 0 Å². The predicted molar refractivity (Wildman–Crippen MR) is 138 cm³/mol. The highest BCUT2D eigenvalue weighted by Crippen LogP contribution is 2.20. The van der Waals surface area contributed by atoms with E-state index < -0.39 is 52.9 Å². The van der Waals surface area contributed by atoms with Crippen LogP contribution in [0.4, 0.5) is 9.59 Å². The number of nitrogens with one attached hydrogen (secondary N) is 2. The van der Waals surface area contributed by atoms with Gasteiger partial charge in [0.05, 0.1) is 0 Å². The van der Waals surface area contributed by atoms with Gasteiger partial charge in [0.2, 0.25) is 5.54 Å². The van der Waals surface area contributed by atoms with Gasteiger partial charge < -0.3 is 46.3 Å². The number of amides is 2. The molecule has 0 aromatic rings. The van der Waals surface area contributed by atoms with Crippen molar-refractivity contribution in [3.8, 4) is 0 Å². The number of rotatable bonds is 11. The second-order valence-corrected chi connectivity index (χ2v) is 11.0. The summed E-state index contributed by atoms with van der Waals surface area (Å²) in [7, 11) is 1.41. The zero-order chi connectivity index (χ0) is 29.8. The van der Waals surface area contributed by atoms with Crippen LogP contribution < -0.4 is 16.4 Å². The Morgan fingerprint density at radius 1 is 0.868 bits per heavy atom. The molecule has 0 aliphatic heterocycles. The van der Waals surface area contributed by atoms with Crippen LogP contribution in [0.25, 0.3) is 0 Å². The summed E-state index contributed by atoms with van der Waals surface area (Å²) >= 11 is 0. The van der Waals surface area contributed by atoms with Crippen molar-refractivity contribution in [2.45, 2.75) is 97.9 Å². The fraction of sp³-hybridized carbons (Fsp3) is 0.792. The number of hydrogen-bond acceptors (Lipinski definition) is 9. The normalized spacial score (nSPS) is 13.5. The van der Waals surface area contributed by atoms with Gasteiger partial charge in [-0.05, 0) is 59.3 Å². The van der Waals surface area contributed by atoms with Crippen molar-refractivity contribution in [3.05, 3.63) is 0 Å². The average molecular weight is 554 g/mol. The Hall–Kier alpha value is -3.13. The topological polar surface area (TPSA) is 235 Å². The minimum atomic E-state index is -1.96. The van der Waals surface area contributed by atoms with Gasteiger partial charge in [-0.3, -0.25) is 0 Å². The minimum absolute atomic E-state index is 0. The summed E-state index contributed by atoms with van der Waals surface area (Å²) in [5, 5.41) is 22.6. The van der Waals surface area contributed by atoms with E-state index in [1.165, 1.54) is 7.05 Å². The molecule has 0 saturated carbocycles. The van der Waals surface area contributed by atoms with E-state index in [9.17, 15) is 24.0 Å². The lowest BCUT2D eigenvalue weighted by Crippen LogP contribution is -2.57. The van der Waals surface area contributed by atoms with Gasteiger partial charge in [0.25, 0.3) is 0 Å². The van der Waals surface area contributed by atoms with E-state index in [2.05, 4.69) is 10.6 Å². The van der Waals surface area contributed by atoms with Crippen molar-refractivity contribution in [1.82, 2.24) is 10.6 Å². The monoisotopic (exact) mass is 553 g/mol. The molecule has 0 bridgehead atoms. The lowest BCUT2D eigenvalue weighted by molar-refractivity contribution is -0.170. The molecule has 0 aromatic carbocycles. The van der Waals surface area contributed by atoms with E-state index in [4.69, 9.17) is 30.2 Å². The third kappa shape index (κ3) is 17.3. The third-order valence-electron chi connectivity index (χ3n) is 4.30. The predicted octanol–water partition coefficient (Wildman–Crippen LogP) is 1.68. The number of carboxylic acid groups (broad SMARTS) is 2. The molecule has 2 amide bonds. The molecule has 0 aliphatic rings. The largest absolute Gasteiger partial charge is 0.480 e. The number of ether oxygens (including phenoxy) is 3. The van der Waals surface area contributed by atoms with Crippen molar-refractivity contribution in [3.63, 3.8) is 0 Å². The first-order chi connectivity index (χ1) is 16.6. The van der Waals surface area contributed by atoms with Gasteiger partial charge in [-0.25, -0.2) is 24.0 Å². The summed E-state index contributed by atoms with van der Waals surface area (Å²) in [6.07, 6.45) is -1.17. The number of carboxylic acids is 2. The SMILES string of the molecule is CC(C)C[C@](N)(C(=O)O)C(=O)OC(C)(C)C.CNC(=O)OCC(C)(C)OC(=O)N[C@@H](CC(C)C)C(=O)O.O. The van der Waals surface area contributed by atoms with Gasteiger partial charge in [-0.2, -0.15) is 0 Å². The second-order valence-electron chi connectivity index (χ2n) is 11.0. The van der Waals surface area contributed by atoms with Gasteiger partial charge in [0.15, 0.2) is 0 Å². The highest BCUT2D eigenvalue weighted by Gasteiger charge is 2.45. The Morgan fingerprint density at radius 3 is 1.71 bits per heavy atom. The maximum Gasteiger partial charge on any atom is 0.408 e. The molecule has 2 atom stereocenters. The molecule has 0 unspecified atom stereocenters. The minimum Gasteiger partial charge on any atom is -0.480 e. The second kappa shape index (κ2) is 16.7. The first-order valence-corrected chi connectivity index (χ1v) is 11.9. The van der Waals surface area contributed by atoms with Crippen LogP contribution in [0, 0.1) is 11.8 Å². The molecule has 0 heterocycles. The molecule has 0 fully saturated rings. The van der Waals surface area contributed by atoms with E-state index in [-0.39, 0.29) is 30.3 Å². The molecule has 0 aromatic heterocycles. The van der Waals surface area contributed by atoms with Crippen LogP contribution in [-0.2, 0) is 28.6 Å². The average Bonchev–Trinajstić information content (AvgIpc) is 2.69. The fourth-order valence-corrected chi connectivity index (χ4v) is 2.73. The summed E-state index contributed by atoms with van der Waals surface area (Å²) in [6, 6.07) is -1.02. The van der Waals surface area contributed by atoms with Crippen LogP contribution in [0.1, 0.15) is 75.2 Å². The Balaban J connectivity index is -0.000000650. The van der Waals surface area contributed by atoms with E-state index in [0.717, 1.165) is 0 Å². The van der Waals surface area contributed by atoms with E-state index in [1.807, 2.05) is 13.8 Å². The summed E-state index contributed by atoms with van der Waals surface area (Å²) in [6.45, 7) is 15.3.